The normalized spacial score (nSPS) is 10.6. The molecule has 5 nitrogen and oxygen atoms in total. The maximum atomic E-state index is 12.1. The Morgan fingerprint density at radius 2 is 1.88 bits per heavy atom. The van der Waals surface area contributed by atoms with Gasteiger partial charge in [-0.25, -0.2) is 9.97 Å². The fourth-order valence-electron chi connectivity index (χ4n) is 2.37. The van der Waals surface area contributed by atoms with Crippen molar-refractivity contribution in [3.05, 3.63) is 59.2 Å². The third-order valence-electron chi connectivity index (χ3n) is 3.50. The first-order chi connectivity index (χ1) is 11.7. The van der Waals surface area contributed by atoms with Crippen LogP contribution < -0.4 is 10.1 Å². The Labute approximate surface area is 144 Å². The summed E-state index contributed by atoms with van der Waals surface area (Å²) in [5, 5.41) is 3.39. The molecule has 2 aromatic carbocycles. The van der Waals surface area contributed by atoms with E-state index < -0.39 is 0 Å². The highest BCUT2D eigenvalue weighted by molar-refractivity contribution is 6.30. The van der Waals surface area contributed by atoms with Gasteiger partial charge in [-0.15, -0.1) is 0 Å². The second kappa shape index (κ2) is 7.27. The molecule has 0 aliphatic rings. The van der Waals surface area contributed by atoms with Crippen molar-refractivity contribution in [3.8, 4) is 5.88 Å². The summed E-state index contributed by atoms with van der Waals surface area (Å²) >= 11 is 5.91. The van der Waals surface area contributed by atoms with Crippen molar-refractivity contribution in [2.24, 2.45) is 0 Å². The topological polar surface area (TPSA) is 64.1 Å². The average molecular weight is 342 g/mol. The van der Waals surface area contributed by atoms with E-state index >= 15 is 0 Å². The number of para-hydroxylation sites is 2. The zero-order valence-corrected chi connectivity index (χ0v) is 13.9. The van der Waals surface area contributed by atoms with Gasteiger partial charge in [-0.3, -0.25) is 4.79 Å². The molecule has 0 fully saturated rings. The Balaban J connectivity index is 1.71. The number of fused-ring (bicyclic) bond motifs is 1. The first-order valence-corrected chi connectivity index (χ1v) is 7.88. The van der Waals surface area contributed by atoms with Crippen LogP contribution in [0.4, 0.5) is 5.69 Å². The van der Waals surface area contributed by atoms with E-state index in [1.54, 1.807) is 31.4 Å². The van der Waals surface area contributed by atoms with Gasteiger partial charge < -0.3 is 10.1 Å². The maximum Gasteiger partial charge on any atom is 0.235 e. The molecule has 24 heavy (non-hydrogen) atoms. The van der Waals surface area contributed by atoms with Crippen LogP contribution in [-0.2, 0) is 11.2 Å². The van der Waals surface area contributed by atoms with Gasteiger partial charge in [0.15, 0.2) is 0 Å². The van der Waals surface area contributed by atoms with Crippen LogP contribution in [0.15, 0.2) is 48.5 Å². The van der Waals surface area contributed by atoms with Crippen LogP contribution in [0.5, 0.6) is 5.88 Å². The van der Waals surface area contributed by atoms with Gasteiger partial charge in [0.1, 0.15) is 5.69 Å². The maximum absolute atomic E-state index is 12.1. The summed E-state index contributed by atoms with van der Waals surface area (Å²) < 4.78 is 5.30. The van der Waals surface area contributed by atoms with Crippen LogP contribution in [0.2, 0.25) is 5.02 Å². The molecule has 0 aliphatic carbocycles. The zero-order chi connectivity index (χ0) is 16.9. The number of carbonyl (C=O) groups excluding carboxylic acids is 1. The van der Waals surface area contributed by atoms with E-state index in [-0.39, 0.29) is 12.3 Å². The third kappa shape index (κ3) is 3.81. The van der Waals surface area contributed by atoms with Gasteiger partial charge in [-0.2, -0.15) is 0 Å². The number of aromatic nitrogens is 2. The Hall–Kier alpha value is -2.66. The first kappa shape index (κ1) is 16.2. The standard InChI is InChI=1S/C18H16ClN3O2/c1-24-18-16(21-14-7-2-3-8-15(14)22-18)9-10-17(23)20-13-6-4-5-12(19)11-13/h2-8,11H,9-10H2,1H3,(H,20,23). The highest BCUT2D eigenvalue weighted by Gasteiger charge is 2.11. The summed E-state index contributed by atoms with van der Waals surface area (Å²) in [6.45, 7) is 0. The molecule has 1 amide bonds. The predicted molar refractivity (Wildman–Crippen MR) is 94.5 cm³/mol. The first-order valence-electron chi connectivity index (χ1n) is 7.51. The number of anilines is 1. The van der Waals surface area contributed by atoms with Gasteiger partial charge >= 0.3 is 0 Å². The van der Waals surface area contributed by atoms with Crippen molar-refractivity contribution < 1.29 is 9.53 Å². The molecule has 0 saturated carbocycles. The summed E-state index contributed by atoms with van der Waals surface area (Å²) in [4.78, 5) is 21.1. The second-order valence-electron chi connectivity index (χ2n) is 5.23. The lowest BCUT2D eigenvalue weighted by molar-refractivity contribution is -0.116. The molecule has 6 heteroatoms. The molecule has 0 atom stereocenters. The average Bonchev–Trinajstić information content (AvgIpc) is 2.59. The quantitative estimate of drug-likeness (QED) is 0.765. The molecule has 3 rings (SSSR count). The molecule has 3 aromatic rings. The lowest BCUT2D eigenvalue weighted by Crippen LogP contribution is -2.13. The molecule has 0 bridgehead atoms. The van der Waals surface area contributed by atoms with Crippen molar-refractivity contribution in [2.45, 2.75) is 12.8 Å². The van der Waals surface area contributed by atoms with Crippen molar-refractivity contribution in [1.29, 1.82) is 0 Å². The Morgan fingerprint density at radius 3 is 2.58 bits per heavy atom. The molecule has 1 heterocycles. The molecule has 1 N–H and O–H groups in total. The van der Waals surface area contributed by atoms with E-state index in [1.165, 1.54) is 0 Å². The lowest BCUT2D eigenvalue weighted by atomic mass is 10.2. The summed E-state index contributed by atoms with van der Waals surface area (Å²) in [7, 11) is 1.55. The number of carbonyl (C=O) groups is 1. The number of rotatable bonds is 5. The summed E-state index contributed by atoms with van der Waals surface area (Å²) in [6, 6.07) is 14.6. The molecule has 122 valence electrons. The number of hydrogen-bond donors (Lipinski definition) is 1. The van der Waals surface area contributed by atoms with Crippen molar-refractivity contribution in [2.75, 3.05) is 12.4 Å². The van der Waals surface area contributed by atoms with E-state index in [0.29, 0.717) is 28.7 Å². The molecule has 0 spiro atoms. The van der Waals surface area contributed by atoms with Gasteiger partial charge in [0.05, 0.1) is 18.1 Å². The van der Waals surface area contributed by atoms with Crippen LogP contribution in [0.3, 0.4) is 0 Å². The van der Waals surface area contributed by atoms with E-state index in [0.717, 1.165) is 11.0 Å². The Kier molecular flexibility index (Phi) is 4.91. The lowest BCUT2D eigenvalue weighted by Gasteiger charge is -2.09. The number of amides is 1. The molecule has 0 unspecified atom stereocenters. The highest BCUT2D eigenvalue weighted by atomic mass is 35.5. The van der Waals surface area contributed by atoms with Gasteiger partial charge in [-0.1, -0.05) is 29.8 Å². The fraction of sp³-hybridized carbons (Fsp3) is 0.167. The molecule has 0 radical (unpaired) electrons. The van der Waals surface area contributed by atoms with Crippen LogP contribution in [-0.4, -0.2) is 23.0 Å². The third-order valence-corrected chi connectivity index (χ3v) is 3.73. The number of benzene rings is 2. The fourth-order valence-corrected chi connectivity index (χ4v) is 2.56. The number of nitrogens with zero attached hydrogens (tertiary/aromatic N) is 2. The number of halogens is 1. The monoisotopic (exact) mass is 341 g/mol. The number of nitrogens with one attached hydrogen (secondary N) is 1. The molecule has 0 aliphatic heterocycles. The van der Waals surface area contributed by atoms with Gasteiger partial charge in [0.25, 0.3) is 0 Å². The van der Waals surface area contributed by atoms with Crippen LogP contribution in [0.1, 0.15) is 12.1 Å². The molecule has 1 aromatic heterocycles. The predicted octanol–water partition coefficient (Wildman–Crippen LogP) is 3.86. The second-order valence-corrected chi connectivity index (χ2v) is 5.66. The van der Waals surface area contributed by atoms with E-state index in [2.05, 4.69) is 15.3 Å². The largest absolute Gasteiger partial charge is 0.480 e. The van der Waals surface area contributed by atoms with Crippen molar-refractivity contribution in [3.63, 3.8) is 0 Å². The molecular weight excluding hydrogens is 326 g/mol. The highest BCUT2D eigenvalue weighted by Crippen LogP contribution is 2.20. The van der Waals surface area contributed by atoms with Gasteiger partial charge in [0.2, 0.25) is 11.8 Å². The Bertz CT molecular complexity index is 883. The number of hydrogen-bond acceptors (Lipinski definition) is 4. The van der Waals surface area contributed by atoms with Crippen LogP contribution >= 0.6 is 11.6 Å². The van der Waals surface area contributed by atoms with Gasteiger partial charge in [-0.05, 0) is 30.3 Å². The number of ether oxygens (including phenoxy) is 1. The van der Waals surface area contributed by atoms with Crippen LogP contribution in [0, 0.1) is 0 Å². The smallest absolute Gasteiger partial charge is 0.235 e. The van der Waals surface area contributed by atoms with E-state index in [1.807, 2.05) is 24.3 Å². The summed E-state index contributed by atoms with van der Waals surface area (Å²) in [5.74, 6) is 0.332. The minimum atomic E-state index is -0.116. The van der Waals surface area contributed by atoms with E-state index in [4.69, 9.17) is 16.3 Å². The van der Waals surface area contributed by atoms with Gasteiger partial charge in [0, 0.05) is 23.6 Å². The zero-order valence-electron chi connectivity index (χ0n) is 13.1. The van der Waals surface area contributed by atoms with E-state index in [9.17, 15) is 4.79 Å². The molecular formula is C18H16ClN3O2. The Morgan fingerprint density at radius 1 is 1.12 bits per heavy atom. The summed E-state index contributed by atoms with van der Waals surface area (Å²) in [6.07, 6.45) is 0.712. The minimum Gasteiger partial charge on any atom is -0.480 e. The van der Waals surface area contributed by atoms with Crippen molar-refractivity contribution >= 4 is 34.2 Å². The SMILES string of the molecule is COc1nc2ccccc2nc1CCC(=O)Nc1cccc(Cl)c1. The minimum absolute atomic E-state index is 0.116. The number of aryl methyl sites for hydroxylation is 1. The molecule has 0 saturated heterocycles. The van der Waals surface area contributed by atoms with Crippen LogP contribution in [0.25, 0.3) is 11.0 Å². The summed E-state index contributed by atoms with van der Waals surface area (Å²) in [5.41, 5.74) is 2.88. The number of methoxy groups -OCH3 is 1. The van der Waals surface area contributed by atoms with Crippen molar-refractivity contribution in [1.82, 2.24) is 9.97 Å².